The minimum absolute atomic E-state index is 0.141. The van der Waals surface area contributed by atoms with Crippen molar-refractivity contribution in [1.82, 2.24) is 9.55 Å². The number of alkyl halides is 1. The third kappa shape index (κ3) is 2.34. The molecule has 0 bridgehead atoms. The van der Waals surface area contributed by atoms with Crippen LogP contribution in [0.25, 0.3) is 16.7 Å². The van der Waals surface area contributed by atoms with E-state index in [1.165, 1.54) is 6.07 Å². The number of hydrogen-bond donors (Lipinski definition) is 0. The monoisotopic (exact) mass is 324 g/mol. The minimum atomic E-state index is -0.427. The average molecular weight is 325 g/mol. The zero-order valence-corrected chi connectivity index (χ0v) is 12.6. The van der Waals surface area contributed by atoms with Crippen LogP contribution in [0.4, 0.5) is 4.39 Å². The lowest BCUT2D eigenvalue weighted by atomic mass is 10.2. The third-order valence-corrected chi connectivity index (χ3v) is 3.76. The average Bonchev–Trinajstić information content (AvgIpc) is 2.84. The van der Waals surface area contributed by atoms with Crippen LogP contribution in [-0.2, 0) is 5.88 Å². The number of halogens is 3. The van der Waals surface area contributed by atoms with Crippen LogP contribution in [-0.4, -0.2) is 16.7 Å². The molecule has 0 aliphatic rings. The van der Waals surface area contributed by atoms with E-state index < -0.39 is 5.82 Å². The molecule has 2 aromatic carbocycles. The predicted octanol–water partition coefficient (Wildman–Crippen LogP) is 4.57. The van der Waals surface area contributed by atoms with Gasteiger partial charge in [0.2, 0.25) is 0 Å². The van der Waals surface area contributed by atoms with Crippen molar-refractivity contribution in [2.45, 2.75) is 5.88 Å². The molecule has 3 aromatic rings. The van der Waals surface area contributed by atoms with Gasteiger partial charge in [-0.3, -0.25) is 4.57 Å². The van der Waals surface area contributed by atoms with Gasteiger partial charge in [0.1, 0.15) is 23.1 Å². The van der Waals surface area contributed by atoms with Crippen LogP contribution in [0, 0.1) is 5.82 Å². The Morgan fingerprint density at radius 1 is 1.29 bits per heavy atom. The first-order chi connectivity index (χ1) is 10.2. The predicted molar refractivity (Wildman–Crippen MR) is 82.1 cm³/mol. The smallest absolute Gasteiger partial charge is 0.148 e. The van der Waals surface area contributed by atoms with Crippen LogP contribution < -0.4 is 4.74 Å². The maximum atomic E-state index is 14.2. The van der Waals surface area contributed by atoms with E-state index in [2.05, 4.69) is 4.98 Å². The lowest BCUT2D eigenvalue weighted by molar-refractivity contribution is 0.415. The summed E-state index contributed by atoms with van der Waals surface area (Å²) < 4.78 is 21.0. The molecule has 6 heteroatoms. The van der Waals surface area contributed by atoms with E-state index in [0.717, 1.165) is 5.52 Å². The fourth-order valence-electron chi connectivity index (χ4n) is 2.28. The van der Waals surface area contributed by atoms with Gasteiger partial charge in [0, 0.05) is 6.07 Å². The topological polar surface area (TPSA) is 27.1 Å². The molecule has 3 rings (SSSR count). The van der Waals surface area contributed by atoms with Crippen LogP contribution in [0.15, 0.2) is 36.4 Å². The van der Waals surface area contributed by atoms with Crippen molar-refractivity contribution in [2.75, 3.05) is 7.11 Å². The highest BCUT2D eigenvalue weighted by Crippen LogP contribution is 2.31. The highest BCUT2D eigenvalue weighted by atomic mass is 35.5. The Labute approximate surface area is 130 Å². The second kappa shape index (κ2) is 5.54. The van der Waals surface area contributed by atoms with Gasteiger partial charge in [0.15, 0.2) is 0 Å². The Bertz CT molecular complexity index is 797. The molecule has 0 saturated heterocycles. The molecule has 108 valence electrons. The summed E-state index contributed by atoms with van der Waals surface area (Å²) in [6.07, 6.45) is 0. The number of benzene rings is 2. The van der Waals surface area contributed by atoms with E-state index in [0.29, 0.717) is 22.1 Å². The molecule has 0 spiro atoms. The Kier molecular flexibility index (Phi) is 3.74. The normalized spacial score (nSPS) is 11.0. The summed E-state index contributed by atoms with van der Waals surface area (Å²) >= 11 is 12.1. The van der Waals surface area contributed by atoms with Crippen LogP contribution in [0.5, 0.6) is 5.75 Å². The van der Waals surface area contributed by atoms with Crippen molar-refractivity contribution in [2.24, 2.45) is 0 Å². The summed E-state index contributed by atoms with van der Waals surface area (Å²) in [5.41, 5.74) is 1.64. The standard InChI is InChI=1S/C15H11Cl2FN2O/c1-21-9-5-6-13-12(7-9)19-14(8-16)20(13)15-10(17)3-2-4-11(15)18/h2-7H,8H2,1H3. The summed E-state index contributed by atoms with van der Waals surface area (Å²) in [6, 6.07) is 9.91. The van der Waals surface area contributed by atoms with Crippen LogP contribution in [0.1, 0.15) is 5.82 Å². The zero-order valence-electron chi connectivity index (χ0n) is 11.1. The largest absolute Gasteiger partial charge is 0.497 e. The first-order valence-corrected chi connectivity index (χ1v) is 7.12. The van der Waals surface area contributed by atoms with Gasteiger partial charge in [-0.25, -0.2) is 9.37 Å². The lowest BCUT2D eigenvalue weighted by Crippen LogP contribution is -2.03. The fourth-order valence-corrected chi connectivity index (χ4v) is 2.71. The first kappa shape index (κ1) is 14.2. The quantitative estimate of drug-likeness (QED) is 0.660. The number of rotatable bonds is 3. The van der Waals surface area contributed by atoms with E-state index in [1.807, 2.05) is 0 Å². The van der Waals surface area contributed by atoms with E-state index in [-0.39, 0.29) is 11.6 Å². The molecule has 3 nitrogen and oxygen atoms in total. The van der Waals surface area contributed by atoms with Gasteiger partial charge in [-0.15, -0.1) is 11.6 Å². The molecule has 0 fully saturated rings. The molecule has 21 heavy (non-hydrogen) atoms. The van der Waals surface area contributed by atoms with Crippen LogP contribution in [0.3, 0.4) is 0 Å². The van der Waals surface area contributed by atoms with Crippen molar-refractivity contribution in [3.05, 3.63) is 53.1 Å². The maximum Gasteiger partial charge on any atom is 0.148 e. The number of para-hydroxylation sites is 1. The van der Waals surface area contributed by atoms with E-state index in [9.17, 15) is 4.39 Å². The Hall–Kier alpha value is -1.78. The van der Waals surface area contributed by atoms with Crippen LogP contribution >= 0.6 is 23.2 Å². The van der Waals surface area contributed by atoms with Crippen molar-refractivity contribution in [3.8, 4) is 11.4 Å². The molecule has 0 radical (unpaired) electrons. The number of methoxy groups -OCH3 is 1. The summed E-state index contributed by atoms with van der Waals surface area (Å²) in [6.45, 7) is 0. The van der Waals surface area contributed by atoms with Crippen molar-refractivity contribution in [1.29, 1.82) is 0 Å². The van der Waals surface area contributed by atoms with Gasteiger partial charge < -0.3 is 4.74 Å². The number of fused-ring (bicyclic) bond motifs is 1. The minimum Gasteiger partial charge on any atom is -0.497 e. The van der Waals surface area contributed by atoms with Gasteiger partial charge in [-0.2, -0.15) is 0 Å². The number of ether oxygens (including phenoxy) is 1. The van der Waals surface area contributed by atoms with E-state index in [4.69, 9.17) is 27.9 Å². The SMILES string of the molecule is COc1ccc2c(c1)nc(CCl)n2-c1c(F)cccc1Cl. The van der Waals surface area contributed by atoms with Gasteiger partial charge in [-0.05, 0) is 24.3 Å². The number of aromatic nitrogens is 2. The lowest BCUT2D eigenvalue weighted by Gasteiger charge is -2.11. The molecule has 0 unspecified atom stereocenters. The Balaban J connectivity index is 2.36. The van der Waals surface area contributed by atoms with Gasteiger partial charge in [-0.1, -0.05) is 17.7 Å². The number of nitrogens with zero attached hydrogens (tertiary/aromatic N) is 2. The summed E-state index contributed by atoms with van der Waals surface area (Å²) in [7, 11) is 1.58. The van der Waals surface area contributed by atoms with Crippen molar-refractivity contribution >= 4 is 34.2 Å². The molecule has 0 aliphatic heterocycles. The molecular formula is C15H11Cl2FN2O. The van der Waals surface area contributed by atoms with Crippen LogP contribution in [0.2, 0.25) is 5.02 Å². The van der Waals surface area contributed by atoms with Gasteiger partial charge in [0.05, 0.1) is 29.0 Å². The molecular weight excluding hydrogens is 314 g/mol. The van der Waals surface area contributed by atoms with Gasteiger partial charge in [0.25, 0.3) is 0 Å². The molecule has 1 aromatic heterocycles. The Morgan fingerprint density at radius 3 is 2.76 bits per heavy atom. The van der Waals surface area contributed by atoms with E-state index >= 15 is 0 Å². The third-order valence-electron chi connectivity index (χ3n) is 3.21. The van der Waals surface area contributed by atoms with Crippen molar-refractivity contribution in [3.63, 3.8) is 0 Å². The number of hydrogen-bond acceptors (Lipinski definition) is 2. The first-order valence-electron chi connectivity index (χ1n) is 6.21. The molecule has 0 N–H and O–H groups in total. The summed E-state index contributed by atoms with van der Waals surface area (Å²) in [5.74, 6) is 0.908. The summed E-state index contributed by atoms with van der Waals surface area (Å²) in [5, 5.41) is 0.302. The highest BCUT2D eigenvalue weighted by Gasteiger charge is 2.17. The zero-order chi connectivity index (χ0) is 15.0. The molecule has 0 amide bonds. The molecule has 0 atom stereocenters. The second-order valence-corrected chi connectivity index (χ2v) is 5.10. The van der Waals surface area contributed by atoms with E-state index in [1.54, 1.807) is 42.0 Å². The highest BCUT2D eigenvalue weighted by molar-refractivity contribution is 6.32. The fraction of sp³-hybridized carbons (Fsp3) is 0.133. The summed E-state index contributed by atoms with van der Waals surface area (Å²) in [4.78, 5) is 4.42. The maximum absolute atomic E-state index is 14.2. The molecule has 0 aliphatic carbocycles. The molecule has 1 heterocycles. The Morgan fingerprint density at radius 2 is 2.10 bits per heavy atom. The molecule has 0 saturated carbocycles. The van der Waals surface area contributed by atoms with Crippen molar-refractivity contribution < 1.29 is 9.13 Å². The van der Waals surface area contributed by atoms with Gasteiger partial charge >= 0.3 is 0 Å². The number of imidazole rings is 1. The second-order valence-electron chi connectivity index (χ2n) is 4.42.